The number of methoxy groups -OCH3 is 2. The molecule has 4 aromatic carbocycles. The zero-order valence-corrected chi connectivity index (χ0v) is 88.1. The van der Waals surface area contributed by atoms with Crippen LogP contribution in [0.2, 0.25) is 30.1 Å². The van der Waals surface area contributed by atoms with Crippen molar-refractivity contribution >= 4 is 186 Å². The fourth-order valence-corrected chi connectivity index (χ4v) is 22.3. The average Bonchev–Trinajstić information content (AvgIpc) is 1.43. The molecule has 52 heteroatoms. The Morgan fingerprint density at radius 2 is 0.600 bits per heavy atom. The third kappa shape index (κ3) is 30.7. The number of aliphatic imine (C=N–C) groups is 4. The number of hydrogen-bond acceptors (Lipinski definition) is 32. The predicted octanol–water partition coefficient (Wildman–Crippen LogP) is 19.5. The van der Waals surface area contributed by atoms with Gasteiger partial charge < -0.3 is 60.6 Å². The van der Waals surface area contributed by atoms with Gasteiger partial charge in [-0.05, 0) is 114 Å². The van der Waals surface area contributed by atoms with Crippen molar-refractivity contribution in [1.29, 1.82) is 0 Å². The van der Waals surface area contributed by atoms with Crippen LogP contribution >= 0.6 is 115 Å². The van der Waals surface area contributed by atoms with Crippen LogP contribution in [0.3, 0.4) is 0 Å². The molecule has 8 aliphatic rings. The Kier molecular flexibility index (Phi) is 40.2. The summed E-state index contributed by atoms with van der Waals surface area (Å²) < 4.78 is 164. The van der Waals surface area contributed by atoms with Crippen molar-refractivity contribution in [3.8, 4) is 0 Å². The van der Waals surface area contributed by atoms with Crippen molar-refractivity contribution in [1.82, 2.24) is 60.8 Å². The molecule has 8 N–H and O–H groups in total. The molecule has 0 aliphatic carbocycles. The number of nitrogens with one attached hydrogen (secondary N) is 4. The number of thiazole rings is 4. The van der Waals surface area contributed by atoms with Gasteiger partial charge in [-0.2, -0.15) is 0 Å². The fourth-order valence-electron chi connectivity index (χ4n) is 18.4. The third-order valence-electron chi connectivity index (χ3n) is 25.3. The molecule has 8 atom stereocenters. The van der Waals surface area contributed by atoms with Gasteiger partial charge in [0.1, 0.15) is 35.8 Å². The first kappa shape index (κ1) is 116. The number of hydrogen-bond donors (Lipinski definition) is 8. The van der Waals surface area contributed by atoms with Crippen LogP contribution in [-0.4, -0.2) is 259 Å². The number of rotatable bonds is 34. The van der Waals surface area contributed by atoms with Gasteiger partial charge in [0.15, 0.2) is 43.4 Å². The maximum absolute atomic E-state index is 14.5. The molecular formula is C98H100Cl6F10N16O16S4. The van der Waals surface area contributed by atoms with E-state index in [0.717, 1.165) is 12.1 Å². The summed E-state index contributed by atoms with van der Waals surface area (Å²) in [5.74, 6) is -18.6. The van der Waals surface area contributed by atoms with E-state index in [9.17, 15) is 87.4 Å². The van der Waals surface area contributed by atoms with E-state index in [1.807, 2.05) is 0 Å². The normalized spacial score (nSPS) is 21.7. The van der Waals surface area contributed by atoms with Crippen molar-refractivity contribution < 1.29 is 122 Å². The Morgan fingerprint density at radius 1 is 0.367 bits per heavy atom. The van der Waals surface area contributed by atoms with Crippen molar-refractivity contribution in [3.05, 3.63) is 248 Å². The number of carboxylic acid groups (broad SMARTS) is 4. The first-order valence-electron chi connectivity index (χ1n) is 46.9. The lowest BCUT2D eigenvalue weighted by atomic mass is 9.92. The number of esters is 4. The molecule has 0 radical (unpaired) electrons. The van der Waals surface area contributed by atoms with E-state index in [1.54, 1.807) is 84.4 Å². The lowest BCUT2D eigenvalue weighted by Crippen LogP contribution is -2.51. The summed E-state index contributed by atoms with van der Waals surface area (Å²) in [6.07, 6.45) is 5.49. The van der Waals surface area contributed by atoms with Gasteiger partial charge in [0, 0.05) is 223 Å². The fraction of sp³-hybridized carbons (Fsp3) is 0.429. The van der Waals surface area contributed by atoms with Gasteiger partial charge in [-0.1, -0.05) is 93.9 Å². The number of ether oxygens (including phenoxy) is 4. The number of aliphatic carboxylic acids is 4. The Labute approximate surface area is 898 Å². The Morgan fingerprint density at radius 3 is 0.807 bits per heavy atom. The van der Waals surface area contributed by atoms with Crippen molar-refractivity contribution in [2.75, 3.05) is 79.8 Å². The third-order valence-corrected chi connectivity index (χ3v) is 30.2. The summed E-state index contributed by atoms with van der Waals surface area (Å²) in [7, 11) is 2.40. The van der Waals surface area contributed by atoms with Gasteiger partial charge in [-0.3, -0.25) is 58.7 Å². The number of benzene rings is 4. The topological polar surface area (TPSA) is 416 Å². The van der Waals surface area contributed by atoms with E-state index in [-0.39, 0.29) is 202 Å². The summed E-state index contributed by atoms with van der Waals surface area (Å²) in [5.41, 5.74) is 3.05. The van der Waals surface area contributed by atoms with Crippen molar-refractivity contribution in [3.63, 3.8) is 0 Å². The standard InChI is InChI=1S/C25H26Cl2F2N4O4S.C25H26ClF3N4O4S.C24H24Cl2F2N4O4S.C24H24ClF3N4O4S/c1-2-37-24(36)20-18(12-33-13-25(28,29)8-7-15(33)4-6-19(34)35)31-22(23-30-9-10-38-23)32-21(20)16-5-3-14(26)11-17(16)27;1-2-37-24(36)20-18(12-33-13-25(28,29)8-7-15(33)4-6-19(34)35)31-22(23-30-9-10-38-23)32-21(20)16-5-3-14(27)11-17(16)26;1-36-23(35)19-17(11-32-12-24(27,28)7-6-14(32)3-5-18(33)34)30-21(22-29-8-9-37-22)31-20(19)15-4-2-13(25)10-16(15)26;1-36-23(35)19-17(11-32-12-24(27,28)7-6-14(32)3-5-18(33)34)30-21(22-29-8-9-37-22)31-20(19)15-4-2-13(26)10-16(15)25/h2*3,5,9-11,15,21H,2,4,6-8,12-13H2,1H3,(H,31,32)(H,34,35);2*2,4,8-10,14,20H,3,5-7,11-12H2,1H3,(H,30,31)(H,33,34)/t2*15-,21-;2*14-,20-/m0000/s1. The van der Waals surface area contributed by atoms with Crippen LogP contribution in [0.5, 0.6) is 0 Å². The molecule has 0 bridgehead atoms. The van der Waals surface area contributed by atoms with Crippen LogP contribution in [-0.2, 0) is 57.3 Å². The SMILES string of the molecule is CCOC(=O)C1=C(CN2CC(F)(F)CC[C@@H]2CCC(=O)O)NC(c2nccs2)=N[C@H]1c1ccc(Cl)cc1Cl.CCOC(=O)C1=C(CN2CC(F)(F)CC[C@@H]2CCC(=O)O)NC(c2nccs2)=N[C@H]1c1ccc(F)cc1Cl.COC(=O)C1=C(CN2CC(F)(F)CC[C@@H]2CCC(=O)O)NC(c2nccs2)=N[C@H]1c1ccc(Cl)cc1Cl.COC(=O)C1=C(CN2CC(F)(F)CC[C@@H]2CCC(=O)O)NC(c2nccs2)=N[C@H]1c1ccc(F)cc1Cl. The Bertz CT molecular complexity index is 6130. The van der Waals surface area contributed by atoms with E-state index < -0.39 is 158 Å². The predicted molar refractivity (Wildman–Crippen MR) is 545 cm³/mol. The van der Waals surface area contributed by atoms with Crippen molar-refractivity contribution in [2.24, 2.45) is 20.0 Å². The minimum atomic E-state index is -2.98. The number of piperidine rings is 4. The minimum Gasteiger partial charge on any atom is -0.481 e. The van der Waals surface area contributed by atoms with E-state index >= 15 is 0 Å². The number of aromatic nitrogens is 4. The van der Waals surface area contributed by atoms with Crippen LogP contribution < -0.4 is 21.3 Å². The molecule has 0 unspecified atom stereocenters. The maximum atomic E-state index is 14.5. The molecule has 32 nitrogen and oxygen atoms in total. The van der Waals surface area contributed by atoms with E-state index in [4.69, 9.17) is 114 Å². The van der Waals surface area contributed by atoms with Crippen molar-refractivity contribution in [2.45, 2.75) is 189 Å². The smallest absolute Gasteiger partial charge is 0.338 e. The molecule has 150 heavy (non-hydrogen) atoms. The van der Waals surface area contributed by atoms with Gasteiger partial charge in [0.05, 0.1) is 75.9 Å². The minimum absolute atomic E-state index is 0.0266. The first-order valence-corrected chi connectivity index (χ1v) is 52.7. The van der Waals surface area contributed by atoms with Crippen LogP contribution in [0.25, 0.3) is 0 Å². The number of alkyl halides is 8. The van der Waals surface area contributed by atoms with Gasteiger partial charge in [0.25, 0.3) is 23.7 Å². The highest BCUT2D eigenvalue weighted by atomic mass is 35.5. The molecule has 8 aromatic rings. The molecule has 8 aliphatic heterocycles. The highest BCUT2D eigenvalue weighted by Gasteiger charge is 2.49. The molecule has 4 saturated heterocycles. The quantitative estimate of drug-likeness (QED) is 0.0105. The molecule has 0 saturated carbocycles. The van der Waals surface area contributed by atoms with Crippen LogP contribution in [0, 0.1) is 11.6 Å². The lowest BCUT2D eigenvalue weighted by Gasteiger charge is -2.41. The summed E-state index contributed by atoms with van der Waals surface area (Å²) in [6.45, 7) is 0.624. The van der Waals surface area contributed by atoms with E-state index in [1.165, 1.54) is 116 Å². The molecule has 0 spiro atoms. The molecule has 0 amide bonds. The zero-order valence-electron chi connectivity index (χ0n) is 80.3. The Balaban J connectivity index is 0.000000167. The molecule has 4 fully saturated rings. The highest BCUT2D eigenvalue weighted by molar-refractivity contribution is 7.12. The monoisotopic (exact) mass is 2280 g/mol. The summed E-state index contributed by atoms with van der Waals surface area (Å²) in [5, 5.41) is 59.5. The van der Waals surface area contributed by atoms with Gasteiger partial charge in [-0.25, -0.2) is 83.0 Å². The number of carboxylic acids is 4. The molecule has 804 valence electrons. The van der Waals surface area contributed by atoms with Crippen LogP contribution in [0.4, 0.5) is 43.9 Å². The average molecular weight is 2290 g/mol. The molecule has 12 heterocycles. The van der Waals surface area contributed by atoms with Gasteiger partial charge in [0.2, 0.25) is 0 Å². The molecule has 16 rings (SSSR count). The summed E-state index contributed by atoms with van der Waals surface area (Å²) in [4.78, 5) is 139. The number of amidine groups is 4. The van der Waals surface area contributed by atoms with Gasteiger partial charge >= 0.3 is 47.8 Å². The van der Waals surface area contributed by atoms with Gasteiger partial charge in [-0.15, -0.1) is 45.3 Å². The van der Waals surface area contributed by atoms with Crippen LogP contribution in [0.15, 0.2) is 184 Å². The largest absolute Gasteiger partial charge is 0.481 e. The first-order chi connectivity index (χ1) is 71.3. The number of carbonyl (C=O) groups is 8. The van der Waals surface area contributed by atoms with Crippen LogP contribution in [0.1, 0.15) is 183 Å². The zero-order chi connectivity index (χ0) is 108. The maximum Gasteiger partial charge on any atom is 0.338 e. The Hall–Kier alpha value is -11.1. The highest BCUT2D eigenvalue weighted by Crippen LogP contribution is 2.47. The summed E-state index contributed by atoms with van der Waals surface area (Å²) >= 11 is 43.1. The number of likely N-dealkylation sites (tertiary alicyclic amines) is 4. The summed E-state index contributed by atoms with van der Waals surface area (Å²) in [6, 6.07) is 11.4. The molecular weight excluding hydrogens is 2190 g/mol. The van der Waals surface area contributed by atoms with E-state index in [0.29, 0.717) is 81.2 Å². The second-order valence-corrected chi connectivity index (χ2v) is 41.6. The number of halogens is 16. The second-order valence-electron chi connectivity index (χ2n) is 35.6. The van der Waals surface area contributed by atoms with E-state index in [2.05, 4.69) is 51.2 Å². The second kappa shape index (κ2) is 52.0. The number of carbonyl (C=O) groups excluding carboxylic acids is 4. The molecule has 4 aromatic heterocycles. The number of nitrogens with zero attached hydrogens (tertiary/aromatic N) is 12. The lowest BCUT2D eigenvalue weighted by molar-refractivity contribution is -0.140.